The number of carbonyl (C=O) groups is 2. The molecular weight excluding hydrogens is 296 g/mol. The van der Waals surface area contributed by atoms with Crippen LogP contribution in [0.3, 0.4) is 0 Å². The van der Waals surface area contributed by atoms with Gasteiger partial charge in [-0.05, 0) is 26.2 Å². The third-order valence-electron chi connectivity index (χ3n) is 3.87. The molecule has 2 heterocycles. The number of rotatable bonds is 6. The summed E-state index contributed by atoms with van der Waals surface area (Å²) in [5.41, 5.74) is 5.62. The summed E-state index contributed by atoms with van der Waals surface area (Å²) < 4.78 is 1.47. The molecule has 8 nitrogen and oxygen atoms in total. The van der Waals surface area contributed by atoms with Gasteiger partial charge in [-0.1, -0.05) is 12.8 Å². The molecule has 0 spiro atoms. The summed E-state index contributed by atoms with van der Waals surface area (Å²) >= 11 is 0. The number of amides is 2. The predicted molar refractivity (Wildman–Crippen MR) is 86.6 cm³/mol. The van der Waals surface area contributed by atoms with Crippen molar-refractivity contribution in [2.75, 3.05) is 18.4 Å². The van der Waals surface area contributed by atoms with Crippen LogP contribution in [-0.4, -0.2) is 50.6 Å². The monoisotopic (exact) mass is 322 g/mol. The summed E-state index contributed by atoms with van der Waals surface area (Å²) in [5, 5.41) is 6.75. The average molecular weight is 322 g/mol. The van der Waals surface area contributed by atoms with Crippen LogP contribution in [0.1, 0.15) is 45.4 Å². The Hall–Kier alpha value is -1.96. The van der Waals surface area contributed by atoms with Crippen molar-refractivity contribution < 1.29 is 9.59 Å². The van der Waals surface area contributed by atoms with Crippen LogP contribution in [0.15, 0.2) is 6.33 Å². The van der Waals surface area contributed by atoms with Crippen molar-refractivity contribution in [3.05, 3.63) is 6.33 Å². The molecule has 23 heavy (non-hydrogen) atoms. The van der Waals surface area contributed by atoms with E-state index in [0.717, 1.165) is 25.9 Å². The van der Waals surface area contributed by atoms with Crippen LogP contribution < -0.4 is 11.1 Å². The molecule has 0 aliphatic carbocycles. The lowest BCUT2D eigenvalue weighted by molar-refractivity contribution is -0.132. The van der Waals surface area contributed by atoms with Crippen LogP contribution in [0, 0.1) is 0 Å². The largest absolute Gasteiger partial charge is 0.341 e. The summed E-state index contributed by atoms with van der Waals surface area (Å²) in [5.74, 6) is 0.105. The van der Waals surface area contributed by atoms with Gasteiger partial charge in [-0.3, -0.25) is 14.9 Å². The molecule has 1 aromatic rings. The topological polar surface area (TPSA) is 106 Å². The Labute approximate surface area is 136 Å². The summed E-state index contributed by atoms with van der Waals surface area (Å²) in [6, 6.07) is -0.0162. The number of hydrogen-bond donors (Lipinski definition) is 2. The Morgan fingerprint density at radius 2 is 2.00 bits per heavy atom. The van der Waals surface area contributed by atoms with Crippen LogP contribution in [0.25, 0.3) is 0 Å². The van der Waals surface area contributed by atoms with Gasteiger partial charge in [0.15, 0.2) is 0 Å². The molecule has 1 unspecified atom stereocenters. The van der Waals surface area contributed by atoms with Crippen molar-refractivity contribution in [3.63, 3.8) is 0 Å². The average Bonchev–Trinajstić information content (AvgIpc) is 2.77. The molecule has 1 fully saturated rings. The number of anilines is 1. The first-order chi connectivity index (χ1) is 11.0. The molecule has 1 aliphatic rings. The van der Waals surface area contributed by atoms with Crippen molar-refractivity contribution in [1.82, 2.24) is 19.7 Å². The molecule has 2 amide bonds. The zero-order chi connectivity index (χ0) is 16.7. The molecule has 0 radical (unpaired) electrons. The fourth-order valence-corrected chi connectivity index (χ4v) is 2.53. The van der Waals surface area contributed by atoms with Gasteiger partial charge in [-0.25, -0.2) is 9.67 Å². The van der Waals surface area contributed by atoms with E-state index in [-0.39, 0.29) is 30.3 Å². The van der Waals surface area contributed by atoms with E-state index >= 15 is 0 Å². The lowest BCUT2D eigenvalue weighted by Gasteiger charge is -2.19. The first kappa shape index (κ1) is 17.4. The number of nitrogens with one attached hydrogen (secondary N) is 1. The third kappa shape index (κ3) is 5.97. The normalized spacial score (nSPS) is 16.7. The summed E-state index contributed by atoms with van der Waals surface area (Å²) in [7, 11) is 0. The highest BCUT2D eigenvalue weighted by molar-refractivity contribution is 5.88. The predicted octanol–water partition coefficient (Wildman–Crippen LogP) is 0.747. The Bertz CT molecular complexity index is 520. The lowest BCUT2D eigenvalue weighted by Crippen LogP contribution is -2.34. The van der Waals surface area contributed by atoms with Gasteiger partial charge in [-0.15, -0.1) is 5.10 Å². The first-order valence-corrected chi connectivity index (χ1v) is 8.27. The highest BCUT2D eigenvalue weighted by Crippen LogP contribution is 2.10. The summed E-state index contributed by atoms with van der Waals surface area (Å²) in [6.07, 6.45) is 6.90. The molecule has 3 N–H and O–H groups in total. The molecule has 2 rings (SSSR count). The smallest absolute Gasteiger partial charge is 0.248 e. The van der Waals surface area contributed by atoms with E-state index in [2.05, 4.69) is 15.4 Å². The maximum absolute atomic E-state index is 12.3. The third-order valence-corrected chi connectivity index (χ3v) is 3.87. The van der Waals surface area contributed by atoms with Gasteiger partial charge in [0, 0.05) is 25.6 Å². The van der Waals surface area contributed by atoms with E-state index in [0.29, 0.717) is 12.8 Å². The number of aromatic nitrogens is 3. The van der Waals surface area contributed by atoms with E-state index in [1.165, 1.54) is 23.9 Å². The second-order valence-corrected chi connectivity index (χ2v) is 6.12. The maximum Gasteiger partial charge on any atom is 0.248 e. The van der Waals surface area contributed by atoms with Gasteiger partial charge < -0.3 is 10.6 Å². The lowest BCUT2D eigenvalue weighted by atomic mass is 10.2. The van der Waals surface area contributed by atoms with Crippen molar-refractivity contribution in [3.8, 4) is 0 Å². The molecule has 1 aliphatic heterocycles. The molecule has 1 atom stereocenters. The van der Waals surface area contributed by atoms with Crippen molar-refractivity contribution in [2.24, 2.45) is 5.73 Å². The van der Waals surface area contributed by atoms with Crippen LogP contribution in [-0.2, 0) is 16.1 Å². The van der Waals surface area contributed by atoms with E-state index in [1.54, 1.807) is 0 Å². The summed E-state index contributed by atoms with van der Waals surface area (Å²) in [6.45, 7) is 3.64. The maximum atomic E-state index is 12.3. The minimum atomic E-state index is -0.168. The highest BCUT2D eigenvalue weighted by atomic mass is 16.2. The fourth-order valence-electron chi connectivity index (χ4n) is 2.53. The van der Waals surface area contributed by atoms with E-state index < -0.39 is 0 Å². The first-order valence-electron chi connectivity index (χ1n) is 8.27. The SMILES string of the molecule is CC(N)CCC(=O)Nc1ncn(CC(=O)N2CCCCCC2)n1. The Balaban J connectivity index is 1.81. The molecule has 0 bridgehead atoms. The minimum absolute atomic E-state index is 0.0162. The molecular formula is C15H26N6O2. The Morgan fingerprint density at radius 3 is 2.65 bits per heavy atom. The van der Waals surface area contributed by atoms with Gasteiger partial charge in [0.05, 0.1) is 0 Å². The van der Waals surface area contributed by atoms with Crippen LogP contribution in [0.4, 0.5) is 5.95 Å². The fraction of sp³-hybridized carbons (Fsp3) is 0.733. The molecule has 0 aromatic carbocycles. The van der Waals surface area contributed by atoms with Crippen LogP contribution >= 0.6 is 0 Å². The highest BCUT2D eigenvalue weighted by Gasteiger charge is 2.16. The van der Waals surface area contributed by atoms with Gasteiger partial charge in [-0.2, -0.15) is 0 Å². The Kier molecular flexibility index (Phi) is 6.52. The molecule has 1 saturated heterocycles. The van der Waals surface area contributed by atoms with Crippen LogP contribution in [0.2, 0.25) is 0 Å². The molecule has 1 aromatic heterocycles. The number of carbonyl (C=O) groups excluding carboxylic acids is 2. The van der Waals surface area contributed by atoms with Crippen molar-refractivity contribution >= 4 is 17.8 Å². The number of hydrogen-bond acceptors (Lipinski definition) is 5. The van der Waals surface area contributed by atoms with E-state index in [4.69, 9.17) is 5.73 Å². The van der Waals surface area contributed by atoms with Gasteiger partial charge >= 0.3 is 0 Å². The number of likely N-dealkylation sites (tertiary alicyclic amines) is 1. The quantitative estimate of drug-likeness (QED) is 0.803. The second kappa shape index (κ2) is 8.61. The molecule has 128 valence electrons. The van der Waals surface area contributed by atoms with Crippen LogP contribution in [0.5, 0.6) is 0 Å². The number of nitrogens with two attached hydrogens (primary N) is 1. The Morgan fingerprint density at radius 1 is 1.30 bits per heavy atom. The van der Waals surface area contributed by atoms with Crippen molar-refractivity contribution in [1.29, 1.82) is 0 Å². The summed E-state index contributed by atoms with van der Waals surface area (Å²) in [4.78, 5) is 29.9. The van der Waals surface area contributed by atoms with Gasteiger partial charge in [0.2, 0.25) is 17.8 Å². The second-order valence-electron chi connectivity index (χ2n) is 6.12. The molecule has 0 saturated carbocycles. The zero-order valence-corrected chi connectivity index (χ0v) is 13.7. The van der Waals surface area contributed by atoms with Gasteiger partial charge in [0.1, 0.15) is 12.9 Å². The van der Waals surface area contributed by atoms with Crippen molar-refractivity contribution in [2.45, 2.75) is 58.0 Å². The van der Waals surface area contributed by atoms with E-state index in [1.807, 2.05) is 11.8 Å². The standard InChI is InChI=1S/C15H26N6O2/c1-12(16)6-7-13(22)18-15-17-11-21(19-15)10-14(23)20-8-4-2-3-5-9-20/h11-12H,2-10,16H2,1H3,(H,18,19,22). The zero-order valence-electron chi connectivity index (χ0n) is 13.7. The minimum Gasteiger partial charge on any atom is -0.341 e. The number of nitrogens with zero attached hydrogens (tertiary/aromatic N) is 4. The van der Waals surface area contributed by atoms with Gasteiger partial charge in [0.25, 0.3) is 0 Å². The van der Waals surface area contributed by atoms with E-state index in [9.17, 15) is 9.59 Å². The molecule has 8 heteroatoms.